The van der Waals surface area contributed by atoms with E-state index in [4.69, 9.17) is 9.47 Å². The van der Waals surface area contributed by atoms with Gasteiger partial charge in [0.15, 0.2) is 0 Å². The van der Waals surface area contributed by atoms with E-state index in [0.29, 0.717) is 0 Å². The first kappa shape index (κ1) is 15.8. The standard InChI is InChI=1S/C16H27NO2/c1-13(2)18-12-11-16(3,4)19-15-9-7-14(8-10-15)17(5)6/h7-10,13H,11-12H2,1-6H3. The average molecular weight is 265 g/mol. The smallest absolute Gasteiger partial charge is 0.120 e. The molecule has 0 amide bonds. The Morgan fingerprint density at radius 1 is 1.11 bits per heavy atom. The first-order valence-electron chi connectivity index (χ1n) is 6.88. The van der Waals surface area contributed by atoms with Crippen molar-refractivity contribution in [3.05, 3.63) is 24.3 Å². The third-order valence-electron chi connectivity index (χ3n) is 2.90. The molecule has 0 aliphatic carbocycles. The van der Waals surface area contributed by atoms with E-state index in [2.05, 4.69) is 30.9 Å². The third-order valence-corrected chi connectivity index (χ3v) is 2.90. The number of benzene rings is 1. The molecule has 0 aliphatic rings. The first-order valence-corrected chi connectivity index (χ1v) is 6.88. The second-order valence-electron chi connectivity index (χ2n) is 5.92. The van der Waals surface area contributed by atoms with Gasteiger partial charge in [-0.3, -0.25) is 0 Å². The summed E-state index contributed by atoms with van der Waals surface area (Å²) < 4.78 is 11.6. The third kappa shape index (κ3) is 5.97. The Hall–Kier alpha value is -1.22. The van der Waals surface area contributed by atoms with Gasteiger partial charge in [-0.25, -0.2) is 0 Å². The Balaban J connectivity index is 2.52. The maximum absolute atomic E-state index is 6.02. The summed E-state index contributed by atoms with van der Waals surface area (Å²) in [4.78, 5) is 2.07. The van der Waals surface area contributed by atoms with Gasteiger partial charge >= 0.3 is 0 Å². The molecule has 108 valence electrons. The molecule has 3 heteroatoms. The summed E-state index contributed by atoms with van der Waals surface area (Å²) in [5.41, 5.74) is 0.961. The summed E-state index contributed by atoms with van der Waals surface area (Å²) in [7, 11) is 4.06. The molecule has 1 aromatic carbocycles. The van der Waals surface area contributed by atoms with Gasteiger partial charge in [-0.1, -0.05) is 0 Å². The molecule has 19 heavy (non-hydrogen) atoms. The van der Waals surface area contributed by atoms with Gasteiger partial charge in [-0.05, 0) is 52.0 Å². The molecule has 0 heterocycles. The highest BCUT2D eigenvalue weighted by Crippen LogP contribution is 2.23. The Morgan fingerprint density at radius 3 is 2.16 bits per heavy atom. The summed E-state index contributed by atoms with van der Waals surface area (Å²) in [6.45, 7) is 9.01. The van der Waals surface area contributed by atoms with Crippen molar-refractivity contribution in [1.29, 1.82) is 0 Å². The summed E-state index contributed by atoms with van der Waals surface area (Å²) in [6.07, 6.45) is 1.15. The zero-order chi connectivity index (χ0) is 14.5. The fraction of sp³-hybridized carbons (Fsp3) is 0.625. The fourth-order valence-electron chi connectivity index (χ4n) is 1.72. The van der Waals surface area contributed by atoms with Crippen molar-refractivity contribution >= 4 is 5.69 Å². The number of nitrogens with zero attached hydrogens (tertiary/aromatic N) is 1. The van der Waals surface area contributed by atoms with Crippen LogP contribution in [0.2, 0.25) is 0 Å². The average Bonchev–Trinajstić information content (AvgIpc) is 2.28. The highest BCUT2D eigenvalue weighted by Gasteiger charge is 2.19. The van der Waals surface area contributed by atoms with E-state index in [-0.39, 0.29) is 11.7 Å². The highest BCUT2D eigenvalue weighted by molar-refractivity contribution is 5.47. The molecule has 0 atom stereocenters. The van der Waals surface area contributed by atoms with E-state index in [9.17, 15) is 0 Å². The molecule has 0 radical (unpaired) electrons. The van der Waals surface area contributed by atoms with Crippen LogP contribution in [0.4, 0.5) is 5.69 Å². The lowest BCUT2D eigenvalue weighted by molar-refractivity contribution is 0.0231. The second-order valence-corrected chi connectivity index (χ2v) is 5.92. The number of rotatable bonds is 7. The lowest BCUT2D eigenvalue weighted by Gasteiger charge is -2.27. The number of ether oxygens (including phenoxy) is 2. The van der Waals surface area contributed by atoms with E-state index in [1.54, 1.807) is 0 Å². The van der Waals surface area contributed by atoms with Gasteiger partial charge in [-0.2, -0.15) is 0 Å². The van der Waals surface area contributed by atoms with Crippen molar-refractivity contribution in [2.75, 3.05) is 25.6 Å². The molecule has 3 nitrogen and oxygen atoms in total. The maximum Gasteiger partial charge on any atom is 0.120 e. The summed E-state index contributed by atoms with van der Waals surface area (Å²) in [5, 5.41) is 0. The Labute approximate surface area is 117 Å². The van der Waals surface area contributed by atoms with Gasteiger partial charge in [0.1, 0.15) is 11.4 Å². The molecule has 0 spiro atoms. The van der Waals surface area contributed by atoms with E-state index in [1.807, 2.05) is 40.1 Å². The Morgan fingerprint density at radius 2 is 1.68 bits per heavy atom. The monoisotopic (exact) mass is 265 g/mol. The molecule has 0 aliphatic heterocycles. The Bertz CT molecular complexity index is 369. The normalized spacial score (nSPS) is 11.7. The zero-order valence-electron chi connectivity index (χ0n) is 13.1. The molecule has 1 aromatic rings. The van der Waals surface area contributed by atoms with Crippen molar-refractivity contribution in [2.45, 2.75) is 45.8 Å². The van der Waals surface area contributed by atoms with Gasteiger partial charge in [-0.15, -0.1) is 0 Å². The minimum Gasteiger partial charge on any atom is -0.488 e. The van der Waals surface area contributed by atoms with Crippen LogP contribution in [0.3, 0.4) is 0 Å². The molecular weight excluding hydrogens is 238 g/mol. The predicted octanol–water partition coefficient (Wildman–Crippen LogP) is 3.73. The summed E-state index contributed by atoms with van der Waals surface area (Å²) >= 11 is 0. The number of hydrogen-bond acceptors (Lipinski definition) is 3. The molecule has 0 N–H and O–H groups in total. The van der Waals surface area contributed by atoms with Crippen molar-refractivity contribution < 1.29 is 9.47 Å². The van der Waals surface area contributed by atoms with E-state index >= 15 is 0 Å². The molecule has 0 fully saturated rings. The molecule has 0 saturated carbocycles. The van der Waals surface area contributed by atoms with Gasteiger partial charge in [0.25, 0.3) is 0 Å². The first-order chi connectivity index (χ1) is 8.80. The van der Waals surface area contributed by atoms with E-state index in [0.717, 1.165) is 18.8 Å². The van der Waals surface area contributed by atoms with E-state index in [1.165, 1.54) is 5.69 Å². The quantitative estimate of drug-likeness (QED) is 0.750. The number of hydrogen-bond donors (Lipinski definition) is 0. The van der Waals surface area contributed by atoms with Crippen molar-refractivity contribution in [3.63, 3.8) is 0 Å². The van der Waals surface area contributed by atoms with Crippen molar-refractivity contribution in [1.82, 2.24) is 0 Å². The zero-order valence-corrected chi connectivity index (χ0v) is 13.1. The lowest BCUT2D eigenvalue weighted by atomic mass is 10.1. The fourth-order valence-corrected chi connectivity index (χ4v) is 1.72. The van der Waals surface area contributed by atoms with Crippen LogP contribution < -0.4 is 9.64 Å². The van der Waals surface area contributed by atoms with Gasteiger partial charge in [0.05, 0.1) is 12.7 Å². The molecule has 1 rings (SSSR count). The van der Waals surface area contributed by atoms with Crippen LogP contribution in [0.15, 0.2) is 24.3 Å². The minimum atomic E-state index is -0.214. The van der Waals surface area contributed by atoms with Crippen LogP contribution >= 0.6 is 0 Å². The number of anilines is 1. The van der Waals surface area contributed by atoms with Crippen LogP contribution in [-0.4, -0.2) is 32.4 Å². The lowest BCUT2D eigenvalue weighted by Crippen LogP contribution is -2.30. The molecule has 0 aromatic heterocycles. The summed E-state index contributed by atoms with van der Waals surface area (Å²) in [6, 6.07) is 8.16. The van der Waals surface area contributed by atoms with Crippen LogP contribution in [0, 0.1) is 0 Å². The van der Waals surface area contributed by atoms with Crippen molar-refractivity contribution in [2.24, 2.45) is 0 Å². The molecule has 0 unspecified atom stereocenters. The second kappa shape index (κ2) is 6.80. The molecule has 0 saturated heterocycles. The largest absolute Gasteiger partial charge is 0.488 e. The molecular formula is C16H27NO2. The minimum absolute atomic E-state index is 0.214. The predicted molar refractivity (Wildman–Crippen MR) is 81.2 cm³/mol. The van der Waals surface area contributed by atoms with Crippen LogP contribution in [0.25, 0.3) is 0 Å². The highest BCUT2D eigenvalue weighted by atomic mass is 16.5. The van der Waals surface area contributed by atoms with Gasteiger partial charge < -0.3 is 14.4 Å². The van der Waals surface area contributed by atoms with Gasteiger partial charge in [0, 0.05) is 26.2 Å². The van der Waals surface area contributed by atoms with E-state index < -0.39 is 0 Å². The topological polar surface area (TPSA) is 21.7 Å². The summed E-state index contributed by atoms with van der Waals surface area (Å²) in [5.74, 6) is 0.903. The SMILES string of the molecule is CC(C)OCCC(C)(C)Oc1ccc(N(C)C)cc1. The van der Waals surface area contributed by atoms with Crippen LogP contribution in [0.5, 0.6) is 5.75 Å². The molecule has 0 bridgehead atoms. The van der Waals surface area contributed by atoms with Gasteiger partial charge in [0.2, 0.25) is 0 Å². The van der Waals surface area contributed by atoms with Crippen LogP contribution in [0.1, 0.15) is 34.1 Å². The van der Waals surface area contributed by atoms with Crippen LogP contribution in [-0.2, 0) is 4.74 Å². The maximum atomic E-state index is 6.02. The Kier molecular flexibility index (Phi) is 5.67. The van der Waals surface area contributed by atoms with Crippen molar-refractivity contribution in [3.8, 4) is 5.75 Å².